The summed E-state index contributed by atoms with van der Waals surface area (Å²) in [6.45, 7) is 3.70. The minimum atomic E-state index is -3.83. The number of para-hydroxylation sites is 1. The van der Waals surface area contributed by atoms with Gasteiger partial charge in [0.05, 0.1) is 17.0 Å². The number of anilines is 1. The first kappa shape index (κ1) is 27.0. The van der Waals surface area contributed by atoms with Crippen molar-refractivity contribution in [2.45, 2.75) is 39.3 Å². The average molecular weight is 514 g/mol. The number of carbonyl (C=O) groups excluding carboxylic acids is 2. The first-order valence-corrected chi connectivity index (χ1v) is 13.2. The van der Waals surface area contributed by atoms with E-state index in [0.29, 0.717) is 17.1 Å². The molecule has 0 aliphatic heterocycles. The number of sulfonamides is 1. The van der Waals surface area contributed by atoms with Crippen molar-refractivity contribution in [3.05, 3.63) is 64.1 Å². The van der Waals surface area contributed by atoms with Crippen molar-refractivity contribution >= 4 is 50.7 Å². The number of hydrogen-bond acceptors (Lipinski definition) is 4. The molecule has 0 saturated carbocycles. The lowest BCUT2D eigenvalue weighted by atomic mass is 10.1. The highest BCUT2D eigenvalue weighted by Gasteiger charge is 2.30. The Morgan fingerprint density at radius 2 is 1.79 bits per heavy atom. The van der Waals surface area contributed by atoms with Crippen molar-refractivity contribution in [2.24, 2.45) is 0 Å². The van der Waals surface area contributed by atoms with Crippen LogP contribution in [0.4, 0.5) is 5.69 Å². The normalized spacial score (nSPS) is 12.2. The number of carbonyl (C=O) groups is 2. The van der Waals surface area contributed by atoms with Crippen LogP contribution in [-0.2, 0) is 26.2 Å². The first-order chi connectivity index (χ1) is 15.5. The van der Waals surface area contributed by atoms with Gasteiger partial charge in [-0.1, -0.05) is 60.8 Å². The number of nitrogens with zero attached hydrogens (tertiary/aromatic N) is 2. The van der Waals surface area contributed by atoms with Crippen LogP contribution in [0.3, 0.4) is 0 Å². The Morgan fingerprint density at radius 1 is 1.09 bits per heavy atom. The summed E-state index contributed by atoms with van der Waals surface area (Å²) in [4.78, 5) is 27.5. The molecule has 180 valence electrons. The lowest BCUT2D eigenvalue weighted by molar-refractivity contribution is -0.139. The Labute approximate surface area is 205 Å². The van der Waals surface area contributed by atoms with E-state index < -0.39 is 28.5 Å². The molecule has 2 rings (SSSR count). The number of benzene rings is 2. The van der Waals surface area contributed by atoms with Gasteiger partial charge in [0, 0.05) is 18.1 Å². The van der Waals surface area contributed by atoms with E-state index in [2.05, 4.69) is 5.32 Å². The van der Waals surface area contributed by atoms with E-state index in [1.54, 1.807) is 49.4 Å². The maximum absolute atomic E-state index is 13.4. The molecule has 0 heterocycles. The van der Waals surface area contributed by atoms with E-state index in [0.717, 1.165) is 23.4 Å². The second kappa shape index (κ2) is 12.3. The zero-order chi connectivity index (χ0) is 24.6. The number of amides is 2. The largest absolute Gasteiger partial charge is 0.354 e. The molecular formula is C23H29Cl2N3O4S. The van der Waals surface area contributed by atoms with Crippen LogP contribution in [-0.4, -0.2) is 50.5 Å². The van der Waals surface area contributed by atoms with E-state index in [-0.39, 0.29) is 23.2 Å². The van der Waals surface area contributed by atoms with Crippen LogP contribution in [0.25, 0.3) is 0 Å². The molecule has 1 atom stereocenters. The third kappa shape index (κ3) is 7.91. The van der Waals surface area contributed by atoms with Gasteiger partial charge < -0.3 is 10.2 Å². The van der Waals surface area contributed by atoms with Crippen LogP contribution in [0.5, 0.6) is 0 Å². The van der Waals surface area contributed by atoms with E-state index in [9.17, 15) is 18.0 Å². The van der Waals surface area contributed by atoms with Crippen molar-refractivity contribution in [2.75, 3.05) is 23.7 Å². The number of unbranched alkanes of at least 4 members (excludes halogenated alkanes) is 1. The molecule has 2 aromatic carbocycles. The Bertz CT molecular complexity index is 1080. The number of rotatable bonds is 11. The molecule has 33 heavy (non-hydrogen) atoms. The Balaban J connectivity index is 2.36. The van der Waals surface area contributed by atoms with Gasteiger partial charge in [0.15, 0.2) is 0 Å². The van der Waals surface area contributed by atoms with Crippen molar-refractivity contribution < 1.29 is 18.0 Å². The van der Waals surface area contributed by atoms with Gasteiger partial charge >= 0.3 is 0 Å². The maximum Gasteiger partial charge on any atom is 0.244 e. The first-order valence-electron chi connectivity index (χ1n) is 10.6. The third-order valence-corrected chi connectivity index (χ3v) is 6.72. The van der Waals surface area contributed by atoms with Crippen LogP contribution >= 0.6 is 23.2 Å². The lowest BCUT2D eigenvalue weighted by Gasteiger charge is -2.31. The summed E-state index contributed by atoms with van der Waals surface area (Å²) in [5.74, 6) is -0.860. The van der Waals surface area contributed by atoms with Crippen molar-refractivity contribution in [1.29, 1.82) is 0 Å². The predicted molar refractivity (Wildman–Crippen MR) is 133 cm³/mol. The number of hydrogen-bond donors (Lipinski definition) is 1. The summed E-state index contributed by atoms with van der Waals surface area (Å²) in [6, 6.07) is 12.5. The zero-order valence-corrected chi connectivity index (χ0v) is 21.3. The smallest absolute Gasteiger partial charge is 0.244 e. The van der Waals surface area contributed by atoms with Gasteiger partial charge in [-0.3, -0.25) is 13.9 Å². The van der Waals surface area contributed by atoms with E-state index in [1.165, 1.54) is 11.0 Å². The van der Waals surface area contributed by atoms with Gasteiger partial charge in [-0.15, -0.1) is 0 Å². The molecular weight excluding hydrogens is 485 g/mol. The molecule has 0 aromatic heterocycles. The van der Waals surface area contributed by atoms with Crippen LogP contribution < -0.4 is 9.62 Å². The molecule has 0 aliphatic carbocycles. The number of nitrogens with one attached hydrogen (secondary N) is 1. The Kier molecular flexibility index (Phi) is 10.0. The molecule has 0 bridgehead atoms. The Morgan fingerprint density at radius 3 is 2.39 bits per heavy atom. The SMILES string of the molecule is CCCCNC(=O)[C@H](C)N(Cc1cccc(Cl)c1)C(=O)CN(c1ccccc1Cl)S(C)(=O)=O. The number of halogens is 2. The molecule has 0 saturated heterocycles. The fourth-order valence-electron chi connectivity index (χ4n) is 3.20. The van der Waals surface area contributed by atoms with Crippen LogP contribution in [0.1, 0.15) is 32.3 Å². The minimum Gasteiger partial charge on any atom is -0.354 e. The van der Waals surface area contributed by atoms with E-state index in [4.69, 9.17) is 23.2 Å². The molecule has 2 aromatic rings. The van der Waals surface area contributed by atoms with Gasteiger partial charge in [0.25, 0.3) is 0 Å². The monoisotopic (exact) mass is 513 g/mol. The second-order valence-corrected chi connectivity index (χ2v) is 10.4. The summed E-state index contributed by atoms with van der Waals surface area (Å²) in [5, 5.41) is 3.52. The van der Waals surface area contributed by atoms with E-state index >= 15 is 0 Å². The molecule has 7 nitrogen and oxygen atoms in total. The summed E-state index contributed by atoms with van der Waals surface area (Å²) < 4.78 is 26.0. The molecule has 0 spiro atoms. The summed E-state index contributed by atoms with van der Waals surface area (Å²) in [7, 11) is -3.83. The van der Waals surface area contributed by atoms with Crippen LogP contribution in [0, 0.1) is 0 Å². The minimum absolute atomic E-state index is 0.0852. The molecule has 1 N–H and O–H groups in total. The van der Waals surface area contributed by atoms with E-state index in [1.807, 2.05) is 6.92 Å². The third-order valence-electron chi connectivity index (χ3n) is 5.04. The summed E-state index contributed by atoms with van der Waals surface area (Å²) in [6.07, 6.45) is 2.74. The van der Waals surface area contributed by atoms with Crippen molar-refractivity contribution in [1.82, 2.24) is 10.2 Å². The highest BCUT2D eigenvalue weighted by atomic mass is 35.5. The molecule has 0 unspecified atom stereocenters. The molecule has 0 fully saturated rings. The summed E-state index contributed by atoms with van der Waals surface area (Å²) in [5.41, 5.74) is 0.908. The van der Waals surface area contributed by atoms with Crippen LogP contribution in [0.15, 0.2) is 48.5 Å². The Hall–Kier alpha value is -2.29. The van der Waals surface area contributed by atoms with Gasteiger partial charge in [-0.05, 0) is 43.2 Å². The highest BCUT2D eigenvalue weighted by Crippen LogP contribution is 2.27. The van der Waals surface area contributed by atoms with Gasteiger partial charge in [-0.2, -0.15) is 0 Å². The molecule has 10 heteroatoms. The highest BCUT2D eigenvalue weighted by molar-refractivity contribution is 7.92. The molecule has 0 radical (unpaired) electrons. The van der Waals surface area contributed by atoms with Gasteiger partial charge in [0.1, 0.15) is 12.6 Å². The fraction of sp³-hybridized carbons (Fsp3) is 0.391. The standard InChI is InChI=1S/C23H29Cl2N3O4S/c1-4-5-13-26-23(30)17(2)27(15-18-9-8-10-19(24)14-18)22(29)16-28(33(3,31)32)21-12-7-6-11-20(21)25/h6-12,14,17H,4-5,13,15-16H2,1-3H3,(H,26,30)/t17-/m0/s1. The van der Waals surface area contributed by atoms with Crippen molar-refractivity contribution in [3.63, 3.8) is 0 Å². The second-order valence-electron chi connectivity index (χ2n) is 7.69. The predicted octanol–water partition coefficient (Wildman–Crippen LogP) is 4.09. The summed E-state index contributed by atoms with van der Waals surface area (Å²) >= 11 is 12.3. The van der Waals surface area contributed by atoms with Crippen LogP contribution in [0.2, 0.25) is 10.0 Å². The zero-order valence-electron chi connectivity index (χ0n) is 18.9. The maximum atomic E-state index is 13.4. The van der Waals surface area contributed by atoms with Gasteiger partial charge in [-0.25, -0.2) is 8.42 Å². The quantitative estimate of drug-likeness (QED) is 0.458. The lowest BCUT2D eigenvalue weighted by Crippen LogP contribution is -2.51. The fourth-order valence-corrected chi connectivity index (χ4v) is 4.56. The average Bonchev–Trinajstić information content (AvgIpc) is 2.75. The van der Waals surface area contributed by atoms with Crippen molar-refractivity contribution in [3.8, 4) is 0 Å². The topological polar surface area (TPSA) is 86.8 Å². The molecule has 0 aliphatic rings. The van der Waals surface area contributed by atoms with Gasteiger partial charge in [0.2, 0.25) is 21.8 Å². The molecule has 2 amide bonds.